The smallest absolute Gasteiger partial charge is 0.147 e. The van der Waals surface area contributed by atoms with Gasteiger partial charge in [0, 0.05) is 0 Å². The summed E-state index contributed by atoms with van der Waals surface area (Å²) < 4.78 is 7.77. The Balaban J connectivity index is 0.00000204. The molecule has 2 atom stereocenters. The molecule has 2 unspecified atom stereocenters. The quantitative estimate of drug-likeness (QED) is 0.312. The van der Waals surface area contributed by atoms with E-state index < -0.39 is 17.4 Å². The molecule has 0 radical (unpaired) electrons. The van der Waals surface area contributed by atoms with Gasteiger partial charge in [-0.2, -0.15) is 0 Å². The van der Waals surface area contributed by atoms with Crippen LogP contribution in [-0.2, 0) is 22.8 Å². The van der Waals surface area contributed by atoms with E-state index in [0.29, 0.717) is 9.54 Å². The summed E-state index contributed by atoms with van der Waals surface area (Å²) in [6.07, 6.45) is 2.67. The van der Waals surface area contributed by atoms with Gasteiger partial charge in [-0.25, -0.2) is 0 Å². The molecule has 34 heavy (non-hydrogen) atoms. The van der Waals surface area contributed by atoms with E-state index in [2.05, 4.69) is 119 Å². The summed E-state index contributed by atoms with van der Waals surface area (Å²) in [6, 6.07) is 18.5. The molecule has 0 heterocycles. The monoisotopic (exact) mass is 590 g/mol. The van der Waals surface area contributed by atoms with Crippen LogP contribution in [0.5, 0.6) is 0 Å². The molecule has 184 valence electrons. The van der Waals surface area contributed by atoms with Crippen molar-refractivity contribution in [1.29, 1.82) is 0 Å². The number of benzene rings is 2. The zero-order chi connectivity index (χ0) is 23.7. The maximum Gasteiger partial charge on any atom is -0.147 e. The van der Waals surface area contributed by atoms with Crippen LogP contribution in [0.3, 0.4) is 0 Å². The van der Waals surface area contributed by atoms with Gasteiger partial charge in [0.1, 0.15) is 0 Å². The number of fused-ring (bicyclic) bond motifs is 1. The molecule has 4 heteroatoms. The molecule has 0 fully saturated rings. The number of rotatable bonds is 3. The minimum absolute atomic E-state index is 0. The number of hydrogen-bond donors (Lipinski definition) is 0. The Morgan fingerprint density at radius 1 is 0.853 bits per heavy atom. The Kier molecular flexibility index (Phi) is 8.40. The van der Waals surface area contributed by atoms with Crippen LogP contribution in [0.15, 0.2) is 74.6 Å². The van der Waals surface area contributed by atoms with Crippen LogP contribution in [0.4, 0.5) is 0 Å². The Morgan fingerprint density at radius 2 is 1.47 bits per heavy atom. The summed E-state index contributed by atoms with van der Waals surface area (Å²) >= 11 is -3.35. The molecule has 4 rings (SSSR count). The second-order valence-electron chi connectivity index (χ2n) is 12.4. The van der Waals surface area contributed by atoms with Crippen molar-refractivity contribution in [3.05, 3.63) is 96.9 Å². The van der Waals surface area contributed by atoms with Gasteiger partial charge >= 0.3 is 199 Å². The molecule has 2 aromatic carbocycles. The average Bonchev–Trinajstić information content (AvgIpc) is 3.20. The van der Waals surface area contributed by atoms with Crippen molar-refractivity contribution < 1.29 is 17.4 Å². The van der Waals surface area contributed by atoms with Gasteiger partial charge in [-0.05, 0) is 0 Å². The Morgan fingerprint density at radius 3 is 2.03 bits per heavy atom. The molecule has 0 bridgehead atoms. The fourth-order valence-electron chi connectivity index (χ4n) is 6.39. The molecule has 0 saturated heterocycles. The summed E-state index contributed by atoms with van der Waals surface area (Å²) in [4.78, 5) is 0. The Bertz CT molecular complexity index is 1280. The molecule has 2 aromatic rings. The van der Waals surface area contributed by atoms with Gasteiger partial charge in [0.25, 0.3) is 0 Å². The third-order valence-electron chi connectivity index (χ3n) is 8.48. The summed E-state index contributed by atoms with van der Waals surface area (Å²) in [5.74, 6) is 0.585. The molecular formula is C30H42Cl2SiZr. The van der Waals surface area contributed by atoms with E-state index in [1.165, 1.54) is 27.8 Å². The van der Waals surface area contributed by atoms with Crippen molar-refractivity contribution in [3.63, 3.8) is 0 Å². The van der Waals surface area contributed by atoms with Crippen molar-refractivity contribution in [3.8, 4) is 0 Å². The molecule has 0 saturated carbocycles. The van der Waals surface area contributed by atoms with Gasteiger partial charge in [-0.15, -0.1) is 24.8 Å². The largest absolute Gasteiger partial charge is 0.147 e. The van der Waals surface area contributed by atoms with Gasteiger partial charge in [-0.1, -0.05) is 0 Å². The molecule has 2 aliphatic carbocycles. The fraction of sp³-hybridized carbons (Fsp3) is 0.400. The summed E-state index contributed by atoms with van der Waals surface area (Å²) in [6.45, 7) is 18.9. The molecule has 0 N–H and O–H groups in total. The van der Waals surface area contributed by atoms with Crippen molar-refractivity contribution in [2.45, 2.75) is 66.8 Å². The van der Waals surface area contributed by atoms with Gasteiger partial charge < -0.3 is 0 Å². The third-order valence-corrected chi connectivity index (χ3v) is 25.7. The molecule has 0 aliphatic heterocycles. The molecule has 0 spiro atoms. The third kappa shape index (κ3) is 4.70. The predicted molar refractivity (Wildman–Crippen MR) is 156 cm³/mol. The van der Waals surface area contributed by atoms with Gasteiger partial charge in [0.05, 0.1) is 0 Å². The van der Waals surface area contributed by atoms with Gasteiger partial charge in [0.15, 0.2) is 0 Å². The van der Waals surface area contributed by atoms with Gasteiger partial charge in [0.2, 0.25) is 0 Å². The van der Waals surface area contributed by atoms with E-state index in [1.807, 2.05) is 3.28 Å². The maximum absolute atomic E-state index is 3.35. The first kappa shape index (κ1) is 29.6. The first-order valence-corrected chi connectivity index (χ1v) is 25.6. The van der Waals surface area contributed by atoms with Gasteiger partial charge in [-0.3, -0.25) is 0 Å². The Hall–Kier alpha value is -0.660. The topological polar surface area (TPSA) is 0 Å². The first-order valence-electron chi connectivity index (χ1n) is 12.1. The number of hydrogen-bond acceptors (Lipinski definition) is 0. The van der Waals surface area contributed by atoms with E-state index in [0.717, 1.165) is 0 Å². The normalized spacial score (nSPS) is 20.6. The van der Waals surface area contributed by atoms with Crippen molar-refractivity contribution in [2.75, 3.05) is 0 Å². The van der Waals surface area contributed by atoms with E-state index in [4.69, 9.17) is 0 Å². The van der Waals surface area contributed by atoms with E-state index in [-0.39, 0.29) is 30.2 Å². The van der Waals surface area contributed by atoms with Crippen LogP contribution in [0.1, 0.15) is 74.3 Å². The molecular weight excluding hydrogens is 551 g/mol. The zero-order valence-corrected chi connectivity index (χ0v) is 27.9. The van der Waals surface area contributed by atoms with Crippen molar-refractivity contribution in [2.24, 2.45) is 5.92 Å². The number of allylic oxidation sites excluding steroid dienone is 5. The van der Waals surface area contributed by atoms with E-state index in [9.17, 15) is 0 Å². The minimum Gasteiger partial charge on any atom is -0.147 e. The average molecular weight is 593 g/mol. The minimum atomic E-state index is -3.35. The maximum atomic E-state index is 2.70. The van der Waals surface area contributed by atoms with Crippen LogP contribution < -0.4 is 0 Å². The second-order valence-corrected chi connectivity index (χ2v) is 41.9. The SMILES string of the molecule is CC1=C(C)C(C)[C]([Zr]([CH3])([CH3])(=[SiH2])[CH]2C=C(c3cccc(C(C)(C)C)c3)c3ccccc32)=C1C.Cl.Cl. The standard InChI is InChI=1S/C19H19.C9H13.2CH3.2ClH.H2Si.Zr/c1-19(2,3)16-9-6-8-15(13-16)18-12-11-14-7-4-5-10-17(14)18;1-6-5-7(2)9(4)8(6)3;;;;;;/h4-13H,1-3H3;6H,1-4H3;2*1H3;2*1H;1H2;. The zero-order valence-electron chi connectivity index (χ0n) is 22.4. The molecule has 0 amide bonds. The van der Waals surface area contributed by atoms with Crippen LogP contribution in [0.25, 0.3) is 5.57 Å². The van der Waals surface area contributed by atoms with Crippen LogP contribution >= 0.6 is 24.8 Å². The van der Waals surface area contributed by atoms with E-state index >= 15 is 0 Å². The molecule has 0 nitrogen and oxygen atoms in total. The number of halogens is 2. The first-order chi connectivity index (χ1) is 14.7. The van der Waals surface area contributed by atoms with Crippen molar-refractivity contribution in [1.82, 2.24) is 0 Å². The van der Waals surface area contributed by atoms with E-state index in [1.54, 1.807) is 16.7 Å². The predicted octanol–water partition coefficient (Wildman–Crippen LogP) is 8.91. The van der Waals surface area contributed by atoms with Crippen LogP contribution in [0, 0.1) is 5.92 Å². The summed E-state index contributed by atoms with van der Waals surface area (Å²) in [5.41, 5.74) is 12.1. The second kappa shape index (κ2) is 9.66. The fourth-order valence-corrected chi connectivity index (χ4v) is 24.9. The Labute approximate surface area is 222 Å². The summed E-state index contributed by atoms with van der Waals surface area (Å²) in [7, 11) is 0. The van der Waals surface area contributed by atoms with Crippen LogP contribution in [-0.4, -0.2) is 6.88 Å². The van der Waals surface area contributed by atoms with Crippen LogP contribution in [0.2, 0.25) is 9.26 Å². The summed E-state index contributed by atoms with van der Waals surface area (Å²) in [5, 5.41) is 0. The van der Waals surface area contributed by atoms with Crippen molar-refractivity contribution >= 4 is 37.3 Å². The molecule has 0 aromatic heterocycles. The molecule has 2 aliphatic rings.